The van der Waals surface area contributed by atoms with Gasteiger partial charge in [-0.1, -0.05) is 18.2 Å². The Morgan fingerprint density at radius 3 is 2.69 bits per heavy atom. The van der Waals surface area contributed by atoms with Crippen molar-refractivity contribution in [3.05, 3.63) is 71.4 Å². The number of aromatic nitrogens is 2. The maximum atomic E-state index is 13.3. The molecule has 0 atom stereocenters. The number of nitrogens with one attached hydrogen (secondary N) is 1. The van der Waals surface area contributed by atoms with Crippen LogP contribution >= 0.6 is 0 Å². The Balaban J connectivity index is 1.21. The highest BCUT2D eigenvalue weighted by Crippen LogP contribution is 2.11. The summed E-state index contributed by atoms with van der Waals surface area (Å²) in [6.07, 6.45) is 4.09. The molecular formula is C22H26FN5O. The topological polar surface area (TPSA) is 52.9 Å². The van der Waals surface area contributed by atoms with E-state index >= 15 is 0 Å². The summed E-state index contributed by atoms with van der Waals surface area (Å²) in [6, 6.07) is 10.9. The van der Waals surface area contributed by atoms with Crippen molar-refractivity contribution < 1.29 is 9.18 Å². The zero-order valence-corrected chi connectivity index (χ0v) is 16.6. The molecule has 0 unspecified atom stereocenters. The van der Waals surface area contributed by atoms with E-state index in [4.69, 9.17) is 0 Å². The first-order valence-electron chi connectivity index (χ1n) is 9.96. The number of hydrogen-bond acceptors (Lipinski definition) is 4. The Hall–Kier alpha value is -2.77. The lowest BCUT2D eigenvalue weighted by atomic mass is 10.1. The first-order chi connectivity index (χ1) is 14.1. The molecule has 0 radical (unpaired) electrons. The molecule has 1 amide bonds. The third-order valence-corrected chi connectivity index (χ3v) is 5.34. The number of amides is 1. The molecule has 0 aliphatic carbocycles. The van der Waals surface area contributed by atoms with E-state index in [0.717, 1.165) is 49.6 Å². The summed E-state index contributed by atoms with van der Waals surface area (Å²) in [5.41, 5.74) is 3.54. The molecule has 0 saturated carbocycles. The monoisotopic (exact) mass is 395 g/mol. The Morgan fingerprint density at radius 2 is 1.93 bits per heavy atom. The van der Waals surface area contributed by atoms with Gasteiger partial charge in [0.15, 0.2) is 0 Å². The van der Waals surface area contributed by atoms with E-state index in [1.165, 1.54) is 6.07 Å². The lowest BCUT2D eigenvalue weighted by molar-refractivity contribution is -0.122. The highest BCUT2D eigenvalue weighted by Gasteiger charge is 2.19. The third-order valence-electron chi connectivity index (χ3n) is 5.34. The average molecular weight is 395 g/mol. The van der Waals surface area contributed by atoms with Gasteiger partial charge in [-0.25, -0.2) is 9.37 Å². The summed E-state index contributed by atoms with van der Waals surface area (Å²) in [6.45, 7) is 6.91. The van der Waals surface area contributed by atoms with Crippen LogP contribution in [0.3, 0.4) is 0 Å². The van der Waals surface area contributed by atoms with Gasteiger partial charge in [0, 0.05) is 51.7 Å². The van der Waals surface area contributed by atoms with Crippen LogP contribution < -0.4 is 5.32 Å². The highest BCUT2D eigenvalue weighted by atomic mass is 19.1. The summed E-state index contributed by atoms with van der Waals surface area (Å²) in [4.78, 5) is 21.5. The fourth-order valence-corrected chi connectivity index (χ4v) is 3.67. The van der Waals surface area contributed by atoms with Crippen molar-refractivity contribution >= 4 is 11.6 Å². The predicted molar refractivity (Wildman–Crippen MR) is 110 cm³/mol. The number of nitrogens with zero attached hydrogens (tertiary/aromatic N) is 4. The summed E-state index contributed by atoms with van der Waals surface area (Å²) in [7, 11) is 0. The van der Waals surface area contributed by atoms with Gasteiger partial charge in [-0.3, -0.25) is 14.6 Å². The van der Waals surface area contributed by atoms with Crippen molar-refractivity contribution in [3.63, 3.8) is 0 Å². The first kappa shape index (κ1) is 19.5. The largest absolute Gasteiger partial charge is 0.351 e. The predicted octanol–water partition coefficient (Wildman–Crippen LogP) is 2.22. The van der Waals surface area contributed by atoms with Gasteiger partial charge in [-0.15, -0.1) is 0 Å². The second-order valence-corrected chi connectivity index (χ2v) is 7.61. The quantitative estimate of drug-likeness (QED) is 0.695. The minimum Gasteiger partial charge on any atom is -0.351 e. The van der Waals surface area contributed by atoms with Crippen molar-refractivity contribution in [2.45, 2.75) is 20.0 Å². The molecule has 29 heavy (non-hydrogen) atoms. The number of carbonyl (C=O) groups is 1. The molecule has 1 fully saturated rings. The van der Waals surface area contributed by atoms with Crippen LogP contribution in [0.15, 0.2) is 48.8 Å². The van der Waals surface area contributed by atoms with Crippen molar-refractivity contribution in [3.8, 4) is 0 Å². The van der Waals surface area contributed by atoms with Gasteiger partial charge in [0.05, 0.1) is 12.2 Å². The van der Waals surface area contributed by atoms with Crippen LogP contribution in [-0.2, 0) is 17.9 Å². The fourth-order valence-electron chi connectivity index (χ4n) is 3.67. The average Bonchev–Trinajstić information content (AvgIpc) is 3.13. The maximum Gasteiger partial charge on any atom is 0.234 e. The standard InChI is InChI=1S/C22H26FN5O/c1-17-12-18(5-6-20(17)23)13-24-22(29)16-27-10-8-26(9-11-27)14-19-15-28-7-3-2-4-21(28)25-19/h2-7,12,15H,8-11,13-14,16H2,1H3,(H,24,29). The van der Waals surface area contributed by atoms with E-state index in [1.54, 1.807) is 19.1 Å². The molecule has 0 spiro atoms. The number of pyridine rings is 1. The molecule has 3 aromatic rings. The van der Waals surface area contributed by atoms with Crippen molar-refractivity contribution in [2.75, 3.05) is 32.7 Å². The lowest BCUT2D eigenvalue weighted by Crippen LogP contribution is -2.49. The van der Waals surface area contributed by atoms with Gasteiger partial charge in [-0.2, -0.15) is 0 Å². The number of piperazine rings is 1. The molecule has 6 nitrogen and oxygen atoms in total. The Bertz CT molecular complexity index is 961. The van der Waals surface area contributed by atoms with Crippen LogP contribution in [0.4, 0.5) is 4.39 Å². The fraction of sp³-hybridized carbons (Fsp3) is 0.364. The van der Waals surface area contributed by atoms with E-state index in [2.05, 4.69) is 26.3 Å². The normalized spacial score (nSPS) is 15.7. The number of carbonyl (C=O) groups excluding carboxylic acids is 1. The Kier molecular flexibility index (Phi) is 5.87. The molecule has 1 N–H and O–H groups in total. The van der Waals surface area contributed by atoms with E-state index in [-0.39, 0.29) is 11.7 Å². The molecule has 3 heterocycles. The molecule has 1 aliphatic rings. The summed E-state index contributed by atoms with van der Waals surface area (Å²) in [5, 5.41) is 2.93. The van der Waals surface area contributed by atoms with Crippen molar-refractivity contribution in [1.82, 2.24) is 24.5 Å². The number of fused-ring (bicyclic) bond motifs is 1. The van der Waals surface area contributed by atoms with Gasteiger partial charge in [0.2, 0.25) is 5.91 Å². The van der Waals surface area contributed by atoms with Crippen molar-refractivity contribution in [1.29, 1.82) is 0 Å². The minimum atomic E-state index is -0.221. The number of hydrogen-bond donors (Lipinski definition) is 1. The van der Waals surface area contributed by atoms with E-state index in [0.29, 0.717) is 18.7 Å². The maximum absolute atomic E-state index is 13.3. The van der Waals surface area contributed by atoms with Crippen LogP contribution in [-0.4, -0.2) is 57.8 Å². The molecule has 4 rings (SSSR count). The number of rotatable bonds is 6. The first-order valence-corrected chi connectivity index (χ1v) is 9.96. The van der Waals surface area contributed by atoms with Crippen molar-refractivity contribution in [2.24, 2.45) is 0 Å². The zero-order chi connectivity index (χ0) is 20.2. The molecule has 152 valence electrons. The van der Waals surface area contributed by atoms with Gasteiger partial charge in [0.25, 0.3) is 0 Å². The highest BCUT2D eigenvalue weighted by molar-refractivity contribution is 5.78. The minimum absolute atomic E-state index is 0.000721. The van der Waals surface area contributed by atoms with Crippen LogP contribution in [0.25, 0.3) is 5.65 Å². The third kappa shape index (κ3) is 4.99. The molecular weight excluding hydrogens is 369 g/mol. The molecule has 2 aromatic heterocycles. The van der Waals surface area contributed by atoms with Crippen LogP contribution in [0, 0.1) is 12.7 Å². The lowest BCUT2D eigenvalue weighted by Gasteiger charge is -2.33. The number of imidazole rings is 1. The summed E-state index contributed by atoms with van der Waals surface area (Å²) >= 11 is 0. The van der Waals surface area contributed by atoms with Crippen LogP contribution in [0.1, 0.15) is 16.8 Å². The molecule has 0 bridgehead atoms. The summed E-state index contributed by atoms with van der Waals surface area (Å²) in [5.74, 6) is -0.220. The number of aryl methyl sites for hydroxylation is 1. The van der Waals surface area contributed by atoms with Crippen LogP contribution in [0.5, 0.6) is 0 Å². The van der Waals surface area contributed by atoms with Gasteiger partial charge < -0.3 is 9.72 Å². The molecule has 1 aliphatic heterocycles. The zero-order valence-electron chi connectivity index (χ0n) is 16.6. The summed E-state index contributed by atoms with van der Waals surface area (Å²) < 4.78 is 15.4. The second-order valence-electron chi connectivity index (χ2n) is 7.61. The smallest absolute Gasteiger partial charge is 0.234 e. The van der Waals surface area contributed by atoms with Gasteiger partial charge in [0.1, 0.15) is 11.5 Å². The second kappa shape index (κ2) is 8.71. The van der Waals surface area contributed by atoms with E-state index in [1.807, 2.05) is 28.8 Å². The van der Waals surface area contributed by atoms with E-state index in [9.17, 15) is 9.18 Å². The van der Waals surface area contributed by atoms with E-state index < -0.39 is 0 Å². The molecule has 1 aromatic carbocycles. The number of benzene rings is 1. The Morgan fingerprint density at radius 1 is 1.14 bits per heavy atom. The van der Waals surface area contributed by atoms with Crippen LogP contribution in [0.2, 0.25) is 0 Å². The van der Waals surface area contributed by atoms with Gasteiger partial charge in [-0.05, 0) is 36.2 Å². The van der Waals surface area contributed by atoms with Gasteiger partial charge >= 0.3 is 0 Å². The SMILES string of the molecule is Cc1cc(CNC(=O)CN2CCN(Cc3cn4ccccc4n3)CC2)ccc1F. The molecule has 7 heteroatoms. The number of halogens is 1. The molecule has 1 saturated heterocycles. The Labute approximate surface area is 170 Å².